The van der Waals surface area contributed by atoms with Crippen LogP contribution in [0.2, 0.25) is 10.0 Å². The largest absolute Gasteiger partial charge is 0.321 e. The number of hydrogen-bond donors (Lipinski definition) is 1. The molecule has 0 radical (unpaired) electrons. The minimum absolute atomic E-state index is 0.266. The Kier molecular flexibility index (Phi) is 4.62. The summed E-state index contributed by atoms with van der Waals surface area (Å²) < 4.78 is 0. The van der Waals surface area contributed by atoms with Gasteiger partial charge in [0.25, 0.3) is 5.91 Å². The fourth-order valence-corrected chi connectivity index (χ4v) is 2.11. The van der Waals surface area contributed by atoms with Gasteiger partial charge < -0.3 is 5.32 Å². The molecule has 0 aromatic heterocycles. The fraction of sp³-hybridized carbons (Fsp3) is 0.0667. The Hall–Kier alpha value is -2.02. The van der Waals surface area contributed by atoms with E-state index in [1.165, 1.54) is 0 Å². The van der Waals surface area contributed by atoms with E-state index in [1.807, 2.05) is 0 Å². The zero-order valence-corrected chi connectivity index (χ0v) is 11.9. The summed E-state index contributed by atoms with van der Waals surface area (Å²) in [7, 11) is 0. The van der Waals surface area contributed by atoms with Crippen LogP contribution in [0.15, 0.2) is 42.5 Å². The normalized spacial score (nSPS) is 9.85. The van der Waals surface area contributed by atoms with Crippen molar-refractivity contribution in [1.82, 2.24) is 0 Å². The van der Waals surface area contributed by atoms with Gasteiger partial charge in [0.2, 0.25) is 0 Å². The minimum Gasteiger partial charge on any atom is -0.321 e. The summed E-state index contributed by atoms with van der Waals surface area (Å²) in [4.78, 5) is 12.1. The molecule has 0 spiro atoms. The van der Waals surface area contributed by atoms with Gasteiger partial charge in [-0.1, -0.05) is 35.3 Å². The highest BCUT2D eigenvalue weighted by Gasteiger charge is 2.08. The Labute approximate surface area is 126 Å². The molecule has 100 valence electrons. The van der Waals surface area contributed by atoms with Gasteiger partial charge in [-0.25, -0.2) is 0 Å². The maximum Gasteiger partial charge on any atom is 0.255 e. The maximum atomic E-state index is 12.1. The highest BCUT2D eigenvalue weighted by molar-refractivity contribution is 6.36. The van der Waals surface area contributed by atoms with Gasteiger partial charge in [0, 0.05) is 10.6 Å². The first-order valence-corrected chi connectivity index (χ1v) is 6.58. The van der Waals surface area contributed by atoms with E-state index in [0.29, 0.717) is 27.7 Å². The number of carbonyl (C=O) groups excluding carboxylic acids is 1. The standard InChI is InChI=1S/C15H10Cl2N2O/c16-12-5-6-14(13(17)9-12)19-15(20)11-3-1-10(2-4-11)7-8-18/h1-6,9H,7H2,(H,19,20). The number of carbonyl (C=O) groups is 1. The first kappa shape index (κ1) is 14.4. The monoisotopic (exact) mass is 304 g/mol. The summed E-state index contributed by atoms with van der Waals surface area (Å²) in [5.74, 6) is -0.266. The Morgan fingerprint density at radius 2 is 1.85 bits per heavy atom. The molecule has 0 heterocycles. The second-order valence-electron chi connectivity index (χ2n) is 4.11. The van der Waals surface area contributed by atoms with Gasteiger partial charge in [0.15, 0.2) is 0 Å². The van der Waals surface area contributed by atoms with Crippen LogP contribution in [0.1, 0.15) is 15.9 Å². The van der Waals surface area contributed by atoms with Gasteiger partial charge in [-0.3, -0.25) is 4.79 Å². The molecule has 0 aliphatic carbocycles. The lowest BCUT2D eigenvalue weighted by atomic mass is 10.1. The predicted molar refractivity (Wildman–Crippen MR) is 80.2 cm³/mol. The van der Waals surface area contributed by atoms with Crippen LogP contribution in [0, 0.1) is 11.3 Å². The highest BCUT2D eigenvalue weighted by Crippen LogP contribution is 2.25. The van der Waals surface area contributed by atoms with Crippen molar-refractivity contribution in [3.05, 3.63) is 63.6 Å². The summed E-state index contributed by atoms with van der Waals surface area (Å²) >= 11 is 11.8. The molecule has 0 bridgehead atoms. The van der Waals surface area contributed by atoms with Crippen LogP contribution >= 0.6 is 23.2 Å². The maximum absolute atomic E-state index is 12.1. The van der Waals surface area contributed by atoms with E-state index in [1.54, 1.807) is 42.5 Å². The topological polar surface area (TPSA) is 52.9 Å². The quantitative estimate of drug-likeness (QED) is 0.918. The average Bonchev–Trinajstić information content (AvgIpc) is 2.43. The molecule has 0 fully saturated rings. The van der Waals surface area contributed by atoms with E-state index < -0.39 is 0 Å². The van der Waals surface area contributed by atoms with Crippen molar-refractivity contribution in [2.45, 2.75) is 6.42 Å². The van der Waals surface area contributed by atoms with Crippen molar-refractivity contribution in [1.29, 1.82) is 5.26 Å². The van der Waals surface area contributed by atoms with Crippen molar-refractivity contribution in [2.75, 3.05) is 5.32 Å². The Bertz CT molecular complexity index is 675. The van der Waals surface area contributed by atoms with E-state index in [9.17, 15) is 4.79 Å². The lowest BCUT2D eigenvalue weighted by Gasteiger charge is -2.07. The average molecular weight is 305 g/mol. The van der Waals surface area contributed by atoms with Crippen LogP contribution in [0.3, 0.4) is 0 Å². The zero-order chi connectivity index (χ0) is 14.5. The van der Waals surface area contributed by atoms with Crippen molar-refractivity contribution in [3.8, 4) is 6.07 Å². The second kappa shape index (κ2) is 6.42. The molecule has 2 aromatic rings. The number of amides is 1. The smallest absolute Gasteiger partial charge is 0.255 e. The zero-order valence-electron chi connectivity index (χ0n) is 10.4. The molecule has 3 nitrogen and oxygen atoms in total. The number of rotatable bonds is 3. The van der Waals surface area contributed by atoms with Crippen molar-refractivity contribution in [3.63, 3.8) is 0 Å². The fourth-order valence-electron chi connectivity index (χ4n) is 1.65. The highest BCUT2D eigenvalue weighted by atomic mass is 35.5. The SMILES string of the molecule is N#CCc1ccc(C(=O)Nc2ccc(Cl)cc2Cl)cc1. The van der Waals surface area contributed by atoms with Gasteiger partial charge in [0.05, 0.1) is 23.2 Å². The summed E-state index contributed by atoms with van der Waals surface area (Å²) in [6.45, 7) is 0. The molecule has 0 saturated heterocycles. The molecule has 2 aromatic carbocycles. The van der Waals surface area contributed by atoms with Gasteiger partial charge in [0.1, 0.15) is 0 Å². The van der Waals surface area contributed by atoms with E-state index in [2.05, 4.69) is 11.4 Å². The Morgan fingerprint density at radius 1 is 1.15 bits per heavy atom. The number of nitrogens with zero attached hydrogens (tertiary/aromatic N) is 1. The summed E-state index contributed by atoms with van der Waals surface area (Å²) in [5.41, 5.74) is 1.87. The van der Waals surface area contributed by atoms with Gasteiger partial charge in [-0.2, -0.15) is 5.26 Å². The van der Waals surface area contributed by atoms with Gasteiger partial charge in [-0.15, -0.1) is 0 Å². The van der Waals surface area contributed by atoms with Crippen LogP contribution in [-0.4, -0.2) is 5.91 Å². The Balaban J connectivity index is 2.13. The third-order valence-electron chi connectivity index (χ3n) is 2.68. The second-order valence-corrected chi connectivity index (χ2v) is 4.95. The van der Waals surface area contributed by atoms with Crippen molar-refractivity contribution in [2.24, 2.45) is 0 Å². The van der Waals surface area contributed by atoms with Crippen LogP contribution in [0.4, 0.5) is 5.69 Å². The van der Waals surface area contributed by atoms with Crippen LogP contribution in [-0.2, 0) is 6.42 Å². The van der Waals surface area contributed by atoms with Crippen molar-refractivity contribution >= 4 is 34.8 Å². The molecule has 1 amide bonds. The number of anilines is 1. The first-order chi connectivity index (χ1) is 9.60. The number of halogens is 2. The molecular weight excluding hydrogens is 295 g/mol. The lowest BCUT2D eigenvalue weighted by molar-refractivity contribution is 0.102. The summed E-state index contributed by atoms with van der Waals surface area (Å²) in [6.07, 6.45) is 0.324. The molecular formula is C15H10Cl2N2O. The molecule has 1 N–H and O–H groups in total. The van der Waals surface area contributed by atoms with E-state index >= 15 is 0 Å². The van der Waals surface area contributed by atoms with Gasteiger partial charge >= 0.3 is 0 Å². The third-order valence-corrected chi connectivity index (χ3v) is 3.23. The van der Waals surface area contributed by atoms with Crippen molar-refractivity contribution < 1.29 is 4.79 Å². The predicted octanol–water partition coefficient (Wildman–Crippen LogP) is 4.31. The van der Waals surface area contributed by atoms with Crippen LogP contribution < -0.4 is 5.32 Å². The number of benzene rings is 2. The molecule has 2 rings (SSSR count). The number of nitrogens with one attached hydrogen (secondary N) is 1. The van der Waals surface area contributed by atoms with Gasteiger partial charge in [-0.05, 0) is 35.9 Å². The molecule has 5 heteroatoms. The van der Waals surface area contributed by atoms with E-state index in [0.717, 1.165) is 5.56 Å². The number of nitriles is 1. The molecule has 0 unspecified atom stereocenters. The molecule has 0 saturated carbocycles. The van der Waals surface area contributed by atoms with Crippen LogP contribution in [0.25, 0.3) is 0 Å². The van der Waals surface area contributed by atoms with E-state index in [-0.39, 0.29) is 5.91 Å². The minimum atomic E-state index is -0.266. The molecule has 0 aliphatic heterocycles. The van der Waals surface area contributed by atoms with E-state index in [4.69, 9.17) is 28.5 Å². The molecule has 20 heavy (non-hydrogen) atoms. The molecule has 0 atom stereocenters. The Morgan fingerprint density at radius 3 is 2.45 bits per heavy atom. The summed E-state index contributed by atoms with van der Waals surface area (Å²) in [6, 6.07) is 13.8. The first-order valence-electron chi connectivity index (χ1n) is 5.82. The van der Waals surface area contributed by atoms with Crippen LogP contribution in [0.5, 0.6) is 0 Å². The third kappa shape index (κ3) is 3.51. The number of hydrogen-bond acceptors (Lipinski definition) is 2. The molecule has 0 aliphatic rings. The lowest BCUT2D eigenvalue weighted by Crippen LogP contribution is -2.12. The summed E-state index contributed by atoms with van der Waals surface area (Å²) in [5, 5.41) is 12.2.